The van der Waals surface area contributed by atoms with Crippen LogP contribution in [0.5, 0.6) is 0 Å². The number of nitrogens with one attached hydrogen (secondary N) is 1. The Kier molecular flexibility index (Phi) is 5.61. The van der Waals surface area contributed by atoms with E-state index < -0.39 is 17.9 Å². The lowest BCUT2D eigenvalue weighted by Crippen LogP contribution is -2.35. The fourth-order valence-electron chi connectivity index (χ4n) is 3.32. The summed E-state index contributed by atoms with van der Waals surface area (Å²) in [4.78, 5) is 15.7. The van der Waals surface area contributed by atoms with E-state index in [2.05, 4.69) is 15.4 Å². The van der Waals surface area contributed by atoms with Gasteiger partial charge in [-0.1, -0.05) is 12.8 Å². The minimum atomic E-state index is -2.98. The Labute approximate surface area is 160 Å². The highest BCUT2D eigenvalue weighted by Crippen LogP contribution is 2.30. The van der Waals surface area contributed by atoms with Gasteiger partial charge in [0.2, 0.25) is 0 Å². The molecule has 0 aliphatic heterocycles. The van der Waals surface area contributed by atoms with E-state index in [-0.39, 0.29) is 29.2 Å². The number of primary amides is 1. The third-order valence-corrected chi connectivity index (χ3v) is 5.09. The van der Waals surface area contributed by atoms with E-state index in [4.69, 9.17) is 11.5 Å². The van der Waals surface area contributed by atoms with Gasteiger partial charge in [0, 0.05) is 12.2 Å². The largest absolute Gasteiger partial charge is 0.378 e. The first-order valence-electron chi connectivity index (χ1n) is 9.08. The molecular weight excluding hydrogens is 370 g/mol. The van der Waals surface area contributed by atoms with Gasteiger partial charge in [0.05, 0.1) is 23.6 Å². The second-order valence-electron chi connectivity index (χ2n) is 7.26. The summed E-state index contributed by atoms with van der Waals surface area (Å²) in [6.07, 6.45) is 3.71. The fourth-order valence-corrected chi connectivity index (χ4v) is 3.32. The SMILES string of the molecule is C[C@](O)(c1ccc(Nc2nn([C@H]3CCCC[C@@H]3N)cc2C(N)=O)cn1)C(F)F. The highest BCUT2D eigenvalue weighted by atomic mass is 19.3. The van der Waals surface area contributed by atoms with Gasteiger partial charge in [0.25, 0.3) is 12.3 Å². The lowest BCUT2D eigenvalue weighted by Gasteiger charge is -2.28. The highest BCUT2D eigenvalue weighted by molar-refractivity contribution is 5.98. The molecule has 2 aromatic rings. The first-order chi connectivity index (χ1) is 13.2. The van der Waals surface area contributed by atoms with Gasteiger partial charge in [0.15, 0.2) is 11.4 Å². The second kappa shape index (κ2) is 7.80. The normalized spacial score (nSPS) is 22.1. The third-order valence-electron chi connectivity index (χ3n) is 5.09. The Morgan fingerprint density at radius 1 is 1.39 bits per heavy atom. The van der Waals surface area contributed by atoms with Crippen LogP contribution < -0.4 is 16.8 Å². The van der Waals surface area contributed by atoms with Crippen molar-refractivity contribution in [2.24, 2.45) is 11.5 Å². The van der Waals surface area contributed by atoms with E-state index in [9.17, 15) is 18.7 Å². The number of pyridine rings is 1. The number of amides is 1. The van der Waals surface area contributed by atoms with Crippen LogP contribution in [0, 0.1) is 0 Å². The van der Waals surface area contributed by atoms with Crippen LogP contribution in [0.1, 0.15) is 54.7 Å². The van der Waals surface area contributed by atoms with Gasteiger partial charge in [-0.3, -0.25) is 14.5 Å². The first-order valence-corrected chi connectivity index (χ1v) is 9.08. The first kappa shape index (κ1) is 20.2. The number of aliphatic hydroxyl groups is 1. The van der Waals surface area contributed by atoms with Crippen LogP contribution in [0.4, 0.5) is 20.3 Å². The van der Waals surface area contributed by atoms with Crippen LogP contribution in [-0.4, -0.2) is 38.2 Å². The average molecular weight is 394 g/mol. The molecule has 0 aromatic carbocycles. The molecule has 1 aliphatic rings. The van der Waals surface area contributed by atoms with Crippen molar-refractivity contribution in [1.29, 1.82) is 0 Å². The van der Waals surface area contributed by atoms with Crippen LogP contribution >= 0.6 is 0 Å². The molecule has 1 saturated carbocycles. The van der Waals surface area contributed by atoms with Gasteiger partial charge in [0.1, 0.15) is 5.56 Å². The van der Waals surface area contributed by atoms with Crippen LogP contribution in [0.25, 0.3) is 0 Å². The number of halogens is 2. The van der Waals surface area contributed by atoms with Crippen molar-refractivity contribution in [1.82, 2.24) is 14.8 Å². The summed E-state index contributed by atoms with van der Waals surface area (Å²) in [6, 6.07) is 2.67. The molecule has 3 rings (SSSR count). The number of nitrogens with zero attached hydrogens (tertiary/aromatic N) is 3. The molecule has 0 spiro atoms. The Bertz CT molecular complexity index is 837. The lowest BCUT2D eigenvalue weighted by atomic mass is 9.91. The monoisotopic (exact) mass is 394 g/mol. The predicted molar refractivity (Wildman–Crippen MR) is 99.3 cm³/mol. The van der Waals surface area contributed by atoms with E-state index in [0.717, 1.165) is 32.6 Å². The molecule has 3 atom stereocenters. The maximum absolute atomic E-state index is 12.9. The molecule has 2 heterocycles. The van der Waals surface area contributed by atoms with Gasteiger partial charge < -0.3 is 21.9 Å². The van der Waals surface area contributed by atoms with Crippen molar-refractivity contribution in [2.75, 3.05) is 5.32 Å². The second-order valence-corrected chi connectivity index (χ2v) is 7.26. The molecule has 8 nitrogen and oxygen atoms in total. The van der Waals surface area contributed by atoms with Crippen molar-refractivity contribution in [2.45, 2.75) is 56.7 Å². The number of rotatable bonds is 6. The molecule has 152 valence electrons. The van der Waals surface area contributed by atoms with E-state index in [1.165, 1.54) is 18.3 Å². The number of aromatic nitrogens is 3. The topological polar surface area (TPSA) is 132 Å². The zero-order valence-corrected chi connectivity index (χ0v) is 15.5. The molecule has 28 heavy (non-hydrogen) atoms. The van der Waals surface area contributed by atoms with Gasteiger partial charge >= 0.3 is 0 Å². The summed E-state index contributed by atoms with van der Waals surface area (Å²) in [5, 5.41) is 17.2. The van der Waals surface area contributed by atoms with Crippen LogP contribution in [0.2, 0.25) is 0 Å². The quantitative estimate of drug-likeness (QED) is 0.593. The molecule has 2 aromatic heterocycles. The van der Waals surface area contributed by atoms with Crippen molar-refractivity contribution in [3.63, 3.8) is 0 Å². The van der Waals surface area contributed by atoms with E-state index >= 15 is 0 Å². The summed E-state index contributed by atoms with van der Waals surface area (Å²) >= 11 is 0. The molecule has 0 bridgehead atoms. The molecule has 1 fully saturated rings. The Hall–Kier alpha value is -2.59. The fraction of sp³-hybridized carbons (Fsp3) is 0.500. The molecule has 0 radical (unpaired) electrons. The number of hydrogen-bond acceptors (Lipinski definition) is 6. The smallest absolute Gasteiger partial charge is 0.272 e. The molecule has 6 N–H and O–H groups in total. The Morgan fingerprint density at radius 2 is 2.11 bits per heavy atom. The van der Waals surface area contributed by atoms with Crippen LogP contribution in [-0.2, 0) is 5.60 Å². The average Bonchev–Trinajstić information content (AvgIpc) is 3.06. The number of nitrogens with two attached hydrogens (primary N) is 2. The zero-order chi connectivity index (χ0) is 20.5. The van der Waals surface area contributed by atoms with Gasteiger partial charge in [-0.05, 0) is 31.9 Å². The van der Waals surface area contributed by atoms with E-state index in [1.807, 2.05) is 0 Å². The molecule has 10 heteroatoms. The molecule has 0 saturated heterocycles. The van der Waals surface area contributed by atoms with E-state index in [1.54, 1.807) is 10.9 Å². The lowest BCUT2D eigenvalue weighted by molar-refractivity contribution is -0.0910. The number of hydrogen-bond donors (Lipinski definition) is 4. The zero-order valence-electron chi connectivity index (χ0n) is 15.5. The minimum absolute atomic E-state index is 0.0240. The van der Waals surface area contributed by atoms with Gasteiger partial charge in [-0.25, -0.2) is 8.78 Å². The number of carbonyl (C=O) groups is 1. The molecule has 1 amide bonds. The minimum Gasteiger partial charge on any atom is -0.378 e. The van der Waals surface area contributed by atoms with Crippen LogP contribution in [0.3, 0.4) is 0 Å². The number of alkyl halides is 2. The molecule has 1 aliphatic carbocycles. The van der Waals surface area contributed by atoms with Crippen molar-refractivity contribution >= 4 is 17.4 Å². The van der Waals surface area contributed by atoms with Crippen molar-refractivity contribution in [3.05, 3.63) is 35.8 Å². The number of anilines is 2. The van der Waals surface area contributed by atoms with E-state index in [0.29, 0.717) is 5.69 Å². The molecular formula is C18H24F2N6O2. The maximum atomic E-state index is 12.9. The van der Waals surface area contributed by atoms with Crippen molar-refractivity contribution in [3.8, 4) is 0 Å². The standard InChI is InChI=1S/C18H24F2N6O2/c1-18(28,17(19)20)14-7-6-10(8-23-14)24-16-11(15(22)27)9-26(25-16)13-5-3-2-4-12(13)21/h6-9,12-13,17,28H,2-5,21H2,1H3,(H2,22,27)(H,24,25)/t12-,13-,18-/m0/s1. The Morgan fingerprint density at radius 3 is 2.68 bits per heavy atom. The summed E-state index contributed by atoms with van der Waals surface area (Å²) in [5.41, 5.74) is 9.74. The summed E-state index contributed by atoms with van der Waals surface area (Å²) in [5.74, 6) is -0.413. The van der Waals surface area contributed by atoms with Gasteiger partial charge in [-0.15, -0.1) is 0 Å². The molecule has 0 unspecified atom stereocenters. The third kappa shape index (κ3) is 3.97. The summed E-state index contributed by atoms with van der Waals surface area (Å²) in [7, 11) is 0. The van der Waals surface area contributed by atoms with Gasteiger partial charge in [-0.2, -0.15) is 5.10 Å². The Balaban J connectivity index is 1.84. The van der Waals surface area contributed by atoms with Crippen molar-refractivity contribution < 1.29 is 18.7 Å². The highest BCUT2D eigenvalue weighted by Gasteiger charge is 2.35. The predicted octanol–water partition coefficient (Wildman–Crippen LogP) is 2.04. The summed E-state index contributed by atoms with van der Waals surface area (Å²) < 4.78 is 27.5. The maximum Gasteiger partial charge on any atom is 0.272 e. The summed E-state index contributed by atoms with van der Waals surface area (Å²) in [6.45, 7) is 0.993. The van der Waals surface area contributed by atoms with Crippen LogP contribution in [0.15, 0.2) is 24.5 Å². The number of carbonyl (C=O) groups excluding carboxylic acids is 1.